The summed E-state index contributed by atoms with van der Waals surface area (Å²) in [5.41, 5.74) is 1.36. The SMILES string of the molecule is CC(=O)N(C)C1CCN(c2nc(NC(C)(C)Cc3ccc(Cl)cc3)c3cn(C(C)C)c(O)c3n2)C1. The number of benzene rings is 1. The van der Waals surface area contributed by atoms with Gasteiger partial charge in [0.25, 0.3) is 0 Å². The number of fused-ring (bicyclic) bond motifs is 1. The zero-order valence-electron chi connectivity index (χ0n) is 21.3. The summed E-state index contributed by atoms with van der Waals surface area (Å²) in [6.45, 7) is 11.3. The van der Waals surface area contributed by atoms with Gasteiger partial charge in [0, 0.05) is 49.9 Å². The lowest BCUT2D eigenvalue weighted by Crippen LogP contribution is -2.38. The molecule has 1 atom stereocenters. The van der Waals surface area contributed by atoms with Crippen LogP contribution in [0.4, 0.5) is 11.8 Å². The Kier molecular flexibility index (Phi) is 6.86. The first kappa shape index (κ1) is 25.1. The van der Waals surface area contributed by atoms with Crippen LogP contribution in [0.2, 0.25) is 5.02 Å². The number of rotatable bonds is 7. The third-order valence-electron chi connectivity index (χ3n) is 6.72. The third kappa shape index (κ3) is 5.32. The summed E-state index contributed by atoms with van der Waals surface area (Å²) in [5, 5.41) is 16.1. The quantitative estimate of drug-likeness (QED) is 0.483. The van der Waals surface area contributed by atoms with Gasteiger partial charge >= 0.3 is 0 Å². The molecule has 1 aliphatic rings. The maximum absolute atomic E-state index is 11.9. The average Bonchev–Trinajstić information content (AvgIpc) is 3.40. The van der Waals surface area contributed by atoms with E-state index in [0.717, 1.165) is 30.3 Å². The molecule has 0 radical (unpaired) electrons. The Balaban J connectivity index is 1.70. The summed E-state index contributed by atoms with van der Waals surface area (Å²) in [6, 6.07) is 8.04. The van der Waals surface area contributed by atoms with Crippen LogP contribution in [0.15, 0.2) is 30.5 Å². The molecule has 1 unspecified atom stereocenters. The van der Waals surface area contributed by atoms with E-state index in [1.54, 1.807) is 11.8 Å². The van der Waals surface area contributed by atoms with Gasteiger partial charge in [0.05, 0.1) is 11.4 Å². The highest BCUT2D eigenvalue weighted by atomic mass is 35.5. The topological polar surface area (TPSA) is 86.5 Å². The molecule has 1 aliphatic heterocycles. The van der Waals surface area contributed by atoms with Gasteiger partial charge in [0.2, 0.25) is 17.7 Å². The van der Waals surface area contributed by atoms with Crippen LogP contribution < -0.4 is 10.2 Å². The van der Waals surface area contributed by atoms with Crippen LogP contribution in [0, 0.1) is 0 Å². The van der Waals surface area contributed by atoms with Gasteiger partial charge in [0.1, 0.15) is 11.3 Å². The van der Waals surface area contributed by atoms with Crippen molar-refractivity contribution in [2.45, 2.75) is 65.1 Å². The highest BCUT2D eigenvalue weighted by Gasteiger charge is 2.31. The molecular weight excluding hydrogens is 464 g/mol. The number of aromatic hydroxyl groups is 1. The minimum atomic E-state index is -0.329. The number of hydrogen-bond donors (Lipinski definition) is 2. The fourth-order valence-electron chi connectivity index (χ4n) is 4.68. The summed E-state index contributed by atoms with van der Waals surface area (Å²) in [6.07, 6.45) is 3.52. The van der Waals surface area contributed by atoms with Gasteiger partial charge in [-0.15, -0.1) is 0 Å². The van der Waals surface area contributed by atoms with Crippen LogP contribution >= 0.6 is 11.6 Å². The monoisotopic (exact) mass is 498 g/mol. The number of anilines is 2. The van der Waals surface area contributed by atoms with Crippen LogP contribution in [-0.2, 0) is 11.2 Å². The molecule has 188 valence electrons. The second-order valence-electron chi connectivity index (χ2n) is 10.4. The molecular formula is C26H35ClN6O2. The minimum absolute atomic E-state index is 0.0474. The summed E-state index contributed by atoms with van der Waals surface area (Å²) in [4.78, 5) is 25.4. The predicted molar refractivity (Wildman–Crippen MR) is 141 cm³/mol. The van der Waals surface area contributed by atoms with Crippen molar-refractivity contribution in [2.75, 3.05) is 30.4 Å². The number of nitrogens with zero attached hydrogens (tertiary/aromatic N) is 5. The van der Waals surface area contributed by atoms with Crippen LogP contribution in [0.1, 0.15) is 52.6 Å². The molecule has 1 amide bonds. The standard InChI is InChI=1S/C26H35ClN6O2/c1-16(2)33-15-21-22(24(33)35)28-25(32-12-11-20(14-32)31(6)17(3)34)29-23(21)30-26(4,5)13-18-7-9-19(27)10-8-18/h7-10,15-16,20,35H,11-14H2,1-6H3,(H,28,29,30). The lowest BCUT2D eigenvalue weighted by molar-refractivity contribution is -0.129. The van der Waals surface area contributed by atoms with Gasteiger partial charge in [-0.05, 0) is 58.2 Å². The summed E-state index contributed by atoms with van der Waals surface area (Å²) < 4.78 is 1.82. The first-order valence-electron chi connectivity index (χ1n) is 12.1. The van der Waals surface area contributed by atoms with Gasteiger partial charge in [-0.2, -0.15) is 4.98 Å². The summed E-state index contributed by atoms with van der Waals surface area (Å²) in [7, 11) is 1.83. The van der Waals surface area contributed by atoms with Crippen molar-refractivity contribution in [3.8, 4) is 5.88 Å². The van der Waals surface area contributed by atoms with E-state index in [1.165, 1.54) is 0 Å². The Bertz CT molecular complexity index is 1220. The maximum atomic E-state index is 11.9. The van der Waals surface area contributed by atoms with Crippen molar-refractivity contribution in [2.24, 2.45) is 0 Å². The van der Waals surface area contributed by atoms with Crippen LogP contribution in [0.5, 0.6) is 5.88 Å². The van der Waals surface area contributed by atoms with E-state index in [0.29, 0.717) is 28.9 Å². The first-order valence-corrected chi connectivity index (χ1v) is 12.5. The Morgan fingerprint density at radius 1 is 1.29 bits per heavy atom. The van der Waals surface area contributed by atoms with E-state index in [-0.39, 0.29) is 29.4 Å². The van der Waals surface area contributed by atoms with Crippen molar-refractivity contribution in [3.05, 3.63) is 41.0 Å². The van der Waals surface area contributed by atoms with E-state index >= 15 is 0 Å². The molecule has 9 heteroatoms. The molecule has 1 saturated heterocycles. The molecule has 3 heterocycles. The minimum Gasteiger partial charge on any atom is -0.493 e. The predicted octanol–water partition coefficient (Wildman–Crippen LogP) is 4.86. The molecule has 2 aromatic heterocycles. The zero-order chi connectivity index (χ0) is 25.5. The van der Waals surface area contributed by atoms with Gasteiger partial charge in [0.15, 0.2) is 0 Å². The molecule has 3 aromatic rings. The zero-order valence-corrected chi connectivity index (χ0v) is 22.1. The number of hydrogen-bond acceptors (Lipinski definition) is 6. The number of likely N-dealkylation sites (N-methyl/N-ethyl adjacent to an activating group) is 1. The Labute approximate surface area is 211 Å². The molecule has 8 nitrogen and oxygen atoms in total. The largest absolute Gasteiger partial charge is 0.493 e. The summed E-state index contributed by atoms with van der Waals surface area (Å²) in [5.74, 6) is 1.42. The summed E-state index contributed by atoms with van der Waals surface area (Å²) >= 11 is 6.06. The molecule has 35 heavy (non-hydrogen) atoms. The van der Waals surface area contributed by atoms with Crippen molar-refractivity contribution in [1.82, 2.24) is 19.4 Å². The Morgan fingerprint density at radius 2 is 1.97 bits per heavy atom. The molecule has 0 bridgehead atoms. The smallest absolute Gasteiger partial charge is 0.228 e. The lowest BCUT2D eigenvalue weighted by atomic mass is 9.95. The molecule has 2 N–H and O–H groups in total. The van der Waals surface area contributed by atoms with Crippen LogP contribution in [0.3, 0.4) is 0 Å². The van der Waals surface area contributed by atoms with Gasteiger partial charge in [-0.3, -0.25) is 4.79 Å². The van der Waals surface area contributed by atoms with Crippen LogP contribution in [0.25, 0.3) is 10.9 Å². The highest BCUT2D eigenvalue weighted by Crippen LogP contribution is 2.36. The van der Waals surface area contributed by atoms with E-state index < -0.39 is 0 Å². The second-order valence-corrected chi connectivity index (χ2v) is 10.9. The number of carbonyl (C=O) groups excluding carboxylic acids is 1. The van der Waals surface area contributed by atoms with Crippen molar-refractivity contribution >= 4 is 40.2 Å². The average molecular weight is 499 g/mol. The van der Waals surface area contributed by atoms with Gasteiger partial charge in [-0.1, -0.05) is 23.7 Å². The van der Waals surface area contributed by atoms with Crippen molar-refractivity contribution in [3.63, 3.8) is 0 Å². The molecule has 0 saturated carbocycles. The van der Waals surface area contributed by atoms with E-state index in [4.69, 9.17) is 21.6 Å². The molecule has 1 fully saturated rings. The first-order chi connectivity index (χ1) is 16.4. The number of nitrogens with one attached hydrogen (secondary N) is 1. The second kappa shape index (κ2) is 9.57. The van der Waals surface area contributed by atoms with Crippen LogP contribution in [-0.4, -0.2) is 62.2 Å². The fourth-order valence-corrected chi connectivity index (χ4v) is 4.80. The lowest BCUT2D eigenvalue weighted by Gasteiger charge is -2.28. The molecule has 0 aliphatic carbocycles. The number of aromatic nitrogens is 3. The molecule has 4 rings (SSSR count). The van der Waals surface area contributed by atoms with Crippen molar-refractivity contribution < 1.29 is 9.90 Å². The Hall–Kier alpha value is -3.00. The highest BCUT2D eigenvalue weighted by molar-refractivity contribution is 6.30. The molecule has 0 spiro atoms. The van der Waals surface area contributed by atoms with E-state index in [2.05, 4.69) is 24.1 Å². The van der Waals surface area contributed by atoms with E-state index in [1.807, 2.05) is 55.9 Å². The fraction of sp³-hybridized carbons (Fsp3) is 0.500. The molecule has 1 aromatic carbocycles. The normalized spacial score (nSPS) is 16.3. The number of amides is 1. The number of carbonyl (C=O) groups is 1. The Morgan fingerprint density at radius 3 is 2.60 bits per heavy atom. The maximum Gasteiger partial charge on any atom is 0.228 e. The number of halogens is 1. The third-order valence-corrected chi connectivity index (χ3v) is 6.97. The van der Waals surface area contributed by atoms with Crippen molar-refractivity contribution in [1.29, 1.82) is 0 Å². The van der Waals surface area contributed by atoms with Gasteiger partial charge < -0.3 is 24.8 Å². The van der Waals surface area contributed by atoms with Gasteiger partial charge in [-0.25, -0.2) is 4.98 Å². The van der Waals surface area contributed by atoms with E-state index in [9.17, 15) is 9.90 Å².